The molecule has 0 aliphatic carbocycles. The number of nitrogens with one attached hydrogen (secondary N) is 1. The topological polar surface area (TPSA) is 75.6 Å². The Balaban J connectivity index is 2.72. The zero-order valence-electron chi connectivity index (χ0n) is 12.4. The van der Waals surface area contributed by atoms with Crippen molar-refractivity contribution in [3.05, 3.63) is 27.7 Å². The van der Waals surface area contributed by atoms with Crippen LogP contribution in [0.25, 0.3) is 0 Å². The number of aliphatic hydroxyl groups excluding tert-OH is 1. The van der Waals surface area contributed by atoms with Gasteiger partial charge in [-0.25, -0.2) is 13.1 Å². The average Bonchev–Trinajstić information content (AvgIpc) is 2.45. The molecule has 0 fully saturated rings. The molecular formula is C14H22BrNO4S. The summed E-state index contributed by atoms with van der Waals surface area (Å²) in [7, 11) is -3.59. The molecule has 2 N–H and O–H groups in total. The first-order valence-corrected chi connectivity index (χ1v) is 9.17. The fourth-order valence-corrected chi connectivity index (χ4v) is 3.81. The molecule has 0 saturated carbocycles. The van der Waals surface area contributed by atoms with E-state index in [9.17, 15) is 13.5 Å². The van der Waals surface area contributed by atoms with Gasteiger partial charge in [-0.2, -0.15) is 0 Å². The third-order valence-electron chi connectivity index (χ3n) is 2.93. The fraction of sp³-hybridized carbons (Fsp3) is 0.571. The van der Waals surface area contributed by atoms with Gasteiger partial charge in [0.25, 0.3) is 0 Å². The van der Waals surface area contributed by atoms with E-state index in [1.807, 2.05) is 6.92 Å². The van der Waals surface area contributed by atoms with Crippen LogP contribution in [0.4, 0.5) is 0 Å². The predicted octanol–water partition coefficient (Wildman–Crippen LogP) is 2.34. The molecule has 1 rings (SSSR count). The summed E-state index contributed by atoms with van der Waals surface area (Å²) in [5, 5.41) is 9.19. The lowest BCUT2D eigenvalue weighted by Crippen LogP contribution is -2.26. The predicted molar refractivity (Wildman–Crippen MR) is 85.7 cm³/mol. The quantitative estimate of drug-likeness (QED) is 0.645. The molecule has 0 bridgehead atoms. The van der Waals surface area contributed by atoms with Crippen LogP contribution in [0.3, 0.4) is 0 Å². The molecule has 7 heteroatoms. The molecule has 0 aliphatic rings. The van der Waals surface area contributed by atoms with E-state index in [-0.39, 0.29) is 11.5 Å². The monoisotopic (exact) mass is 379 g/mol. The molecular weight excluding hydrogens is 358 g/mol. The first-order chi connectivity index (χ1) is 9.92. The maximum absolute atomic E-state index is 12.3. The third kappa shape index (κ3) is 5.67. The number of halogens is 1. The first-order valence-electron chi connectivity index (χ1n) is 6.89. The Morgan fingerprint density at radius 1 is 1.33 bits per heavy atom. The van der Waals surface area contributed by atoms with Gasteiger partial charge in [0.2, 0.25) is 10.0 Å². The highest BCUT2D eigenvalue weighted by Crippen LogP contribution is 2.25. The number of ether oxygens (including phenoxy) is 1. The fourth-order valence-electron chi connectivity index (χ4n) is 1.78. The standard InChI is InChI=1S/C14H22BrNO4S/c1-3-6-20-7-4-5-16-21(18,19)14-9-12(10-17)8-13(15)11(14)2/h8-9,16-17H,3-7,10H2,1-2H3. The Morgan fingerprint density at radius 3 is 2.67 bits per heavy atom. The van der Waals surface area contributed by atoms with Crippen molar-refractivity contribution in [1.82, 2.24) is 4.72 Å². The van der Waals surface area contributed by atoms with Crippen LogP contribution in [0.5, 0.6) is 0 Å². The molecule has 0 atom stereocenters. The van der Waals surface area contributed by atoms with Crippen LogP contribution < -0.4 is 4.72 Å². The van der Waals surface area contributed by atoms with Gasteiger partial charge in [0.05, 0.1) is 11.5 Å². The SMILES string of the molecule is CCCOCCCNS(=O)(=O)c1cc(CO)cc(Br)c1C. The molecule has 0 amide bonds. The highest BCUT2D eigenvalue weighted by Gasteiger charge is 2.18. The van der Waals surface area contributed by atoms with Crippen molar-refractivity contribution in [2.24, 2.45) is 0 Å². The van der Waals surface area contributed by atoms with E-state index in [2.05, 4.69) is 20.7 Å². The maximum Gasteiger partial charge on any atom is 0.240 e. The largest absolute Gasteiger partial charge is 0.392 e. The molecule has 0 spiro atoms. The number of benzene rings is 1. The highest BCUT2D eigenvalue weighted by molar-refractivity contribution is 9.10. The number of aliphatic hydroxyl groups is 1. The Labute approximate surface area is 134 Å². The number of rotatable bonds is 9. The van der Waals surface area contributed by atoms with Crippen molar-refractivity contribution in [2.75, 3.05) is 19.8 Å². The highest BCUT2D eigenvalue weighted by atomic mass is 79.9. The summed E-state index contributed by atoms with van der Waals surface area (Å²) >= 11 is 3.32. The zero-order valence-corrected chi connectivity index (χ0v) is 14.8. The van der Waals surface area contributed by atoms with E-state index < -0.39 is 10.0 Å². The minimum Gasteiger partial charge on any atom is -0.392 e. The molecule has 1 aromatic rings. The van der Waals surface area contributed by atoms with Gasteiger partial charge in [0.15, 0.2) is 0 Å². The molecule has 0 radical (unpaired) electrons. The van der Waals surface area contributed by atoms with Gasteiger partial charge < -0.3 is 9.84 Å². The Bertz CT molecular complexity index is 560. The minimum atomic E-state index is -3.59. The van der Waals surface area contributed by atoms with E-state index >= 15 is 0 Å². The van der Waals surface area contributed by atoms with E-state index in [0.717, 1.165) is 6.42 Å². The summed E-state index contributed by atoms with van der Waals surface area (Å²) < 4.78 is 33.2. The first kappa shape index (κ1) is 18.6. The summed E-state index contributed by atoms with van der Waals surface area (Å²) in [4.78, 5) is 0.190. The Kier molecular flexibility index (Phi) is 7.83. The van der Waals surface area contributed by atoms with Crippen LogP contribution in [0.2, 0.25) is 0 Å². The van der Waals surface area contributed by atoms with Crippen molar-refractivity contribution in [2.45, 2.75) is 38.2 Å². The van der Waals surface area contributed by atoms with Gasteiger partial charge in [-0.1, -0.05) is 22.9 Å². The molecule has 21 heavy (non-hydrogen) atoms. The molecule has 0 saturated heterocycles. The second-order valence-corrected chi connectivity index (χ2v) is 7.31. The summed E-state index contributed by atoms with van der Waals surface area (Å²) in [5.74, 6) is 0. The molecule has 5 nitrogen and oxygen atoms in total. The minimum absolute atomic E-state index is 0.190. The van der Waals surface area contributed by atoms with Crippen molar-refractivity contribution in [1.29, 1.82) is 0 Å². The number of hydrogen-bond donors (Lipinski definition) is 2. The van der Waals surface area contributed by atoms with Gasteiger partial charge in [-0.15, -0.1) is 0 Å². The van der Waals surface area contributed by atoms with Gasteiger partial charge in [-0.3, -0.25) is 0 Å². The lowest BCUT2D eigenvalue weighted by Gasteiger charge is -2.12. The van der Waals surface area contributed by atoms with Gasteiger partial charge in [0, 0.05) is 24.2 Å². The van der Waals surface area contributed by atoms with E-state index in [0.29, 0.717) is 41.8 Å². The van der Waals surface area contributed by atoms with E-state index in [4.69, 9.17) is 4.74 Å². The second kappa shape index (κ2) is 8.85. The molecule has 0 aromatic heterocycles. The summed E-state index contributed by atoms with van der Waals surface area (Å²) in [6, 6.07) is 3.21. The lowest BCUT2D eigenvalue weighted by atomic mass is 10.2. The lowest BCUT2D eigenvalue weighted by molar-refractivity contribution is 0.133. The smallest absolute Gasteiger partial charge is 0.240 e. The number of hydrogen-bond acceptors (Lipinski definition) is 4. The summed E-state index contributed by atoms with van der Waals surface area (Å²) in [5.41, 5.74) is 1.18. The number of sulfonamides is 1. The molecule has 1 aromatic carbocycles. The summed E-state index contributed by atoms with van der Waals surface area (Å²) in [6.07, 6.45) is 1.58. The van der Waals surface area contributed by atoms with Crippen molar-refractivity contribution in [3.8, 4) is 0 Å². The van der Waals surface area contributed by atoms with Crippen LogP contribution in [0, 0.1) is 6.92 Å². The summed E-state index contributed by atoms with van der Waals surface area (Å²) in [6.45, 7) is 5.10. The van der Waals surface area contributed by atoms with Gasteiger partial charge >= 0.3 is 0 Å². The van der Waals surface area contributed by atoms with Crippen LogP contribution in [-0.2, 0) is 21.4 Å². The molecule has 0 heterocycles. The van der Waals surface area contributed by atoms with Crippen molar-refractivity contribution >= 4 is 26.0 Å². The molecule has 120 valence electrons. The van der Waals surface area contributed by atoms with Gasteiger partial charge in [0.1, 0.15) is 0 Å². The van der Waals surface area contributed by atoms with Crippen LogP contribution in [-0.4, -0.2) is 33.3 Å². The van der Waals surface area contributed by atoms with E-state index in [1.54, 1.807) is 13.0 Å². The second-order valence-electron chi connectivity index (χ2n) is 4.72. The molecule has 0 aliphatic heterocycles. The van der Waals surface area contributed by atoms with Crippen molar-refractivity contribution in [3.63, 3.8) is 0 Å². The van der Waals surface area contributed by atoms with Gasteiger partial charge in [-0.05, 0) is 43.0 Å². The van der Waals surface area contributed by atoms with Crippen LogP contribution >= 0.6 is 15.9 Å². The van der Waals surface area contributed by atoms with E-state index in [1.165, 1.54) is 6.07 Å². The zero-order chi connectivity index (χ0) is 15.9. The molecule has 0 unspecified atom stereocenters. The maximum atomic E-state index is 12.3. The Hall–Kier alpha value is -0.470. The third-order valence-corrected chi connectivity index (χ3v) is 5.35. The average molecular weight is 380 g/mol. The normalized spacial score (nSPS) is 11.8. The van der Waals surface area contributed by atoms with Crippen LogP contribution in [0.1, 0.15) is 30.9 Å². The van der Waals surface area contributed by atoms with Crippen molar-refractivity contribution < 1.29 is 18.3 Å². The van der Waals surface area contributed by atoms with Crippen LogP contribution in [0.15, 0.2) is 21.5 Å². The Morgan fingerprint density at radius 2 is 2.05 bits per heavy atom.